The summed E-state index contributed by atoms with van der Waals surface area (Å²) in [7, 11) is 0. The molecule has 2 fully saturated rings. The summed E-state index contributed by atoms with van der Waals surface area (Å²) in [5.41, 5.74) is 4.56. The Balaban J connectivity index is 1.25. The van der Waals surface area contributed by atoms with Crippen LogP contribution in [0.5, 0.6) is 0 Å². The maximum absolute atomic E-state index is 13.4. The maximum atomic E-state index is 13.4. The molecule has 0 saturated carbocycles. The van der Waals surface area contributed by atoms with Crippen molar-refractivity contribution in [2.24, 2.45) is 5.92 Å². The number of fused-ring (bicyclic) bond motifs is 1. The fourth-order valence-corrected chi connectivity index (χ4v) is 5.07. The first-order valence-electron chi connectivity index (χ1n) is 11.4. The molecule has 5 rings (SSSR count). The van der Waals surface area contributed by atoms with Gasteiger partial charge in [-0.3, -0.25) is 4.79 Å². The zero-order chi connectivity index (χ0) is 21.4. The molecule has 0 aliphatic carbocycles. The van der Waals surface area contributed by atoms with Gasteiger partial charge in [0.1, 0.15) is 0 Å². The topological polar surface area (TPSA) is 55.5 Å². The van der Waals surface area contributed by atoms with Crippen molar-refractivity contribution in [3.05, 3.63) is 54.1 Å². The highest BCUT2D eigenvalue weighted by Crippen LogP contribution is 2.27. The molecular formula is C25H31N5O. The molecule has 3 aromatic rings. The Labute approximate surface area is 183 Å². The minimum atomic E-state index is 0.0414. The van der Waals surface area contributed by atoms with Gasteiger partial charge >= 0.3 is 0 Å². The van der Waals surface area contributed by atoms with Gasteiger partial charge in [-0.25, -0.2) is 4.98 Å². The normalized spacial score (nSPS) is 22.2. The number of hydrogen-bond acceptors (Lipinski definition) is 4. The van der Waals surface area contributed by atoms with Gasteiger partial charge < -0.3 is 19.7 Å². The number of amides is 1. The van der Waals surface area contributed by atoms with Crippen LogP contribution in [0.2, 0.25) is 0 Å². The van der Waals surface area contributed by atoms with Gasteiger partial charge in [-0.05, 0) is 56.5 Å². The Bertz CT molecular complexity index is 1040. The number of nitrogens with zero attached hydrogens (tertiary/aromatic N) is 4. The number of nitrogens with one attached hydrogen (secondary N) is 1. The molecule has 2 saturated heterocycles. The molecule has 31 heavy (non-hydrogen) atoms. The number of para-hydroxylation sites is 2. The molecular weight excluding hydrogens is 386 g/mol. The molecule has 2 atom stereocenters. The minimum absolute atomic E-state index is 0.0414. The van der Waals surface area contributed by atoms with E-state index in [2.05, 4.69) is 57.8 Å². The summed E-state index contributed by atoms with van der Waals surface area (Å²) in [4.78, 5) is 28.3. The van der Waals surface area contributed by atoms with Crippen molar-refractivity contribution in [1.82, 2.24) is 14.9 Å². The highest BCUT2D eigenvalue weighted by Gasteiger charge is 2.34. The van der Waals surface area contributed by atoms with Crippen LogP contribution in [0.15, 0.2) is 48.5 Å². The molecule has 1 amide bonds. The van der Waals surface area contributed by atoms with E-state index < -0.39 is 0 Å². The Morgan fingerprint density at radius 1 is 1.06 bits per heavy atom. The van der Waals surface area contributed by atoms with Crippen molar-refractivity contribution in [1.29, 1.82) is 0 Å². The van der Waals surface area contributed by atoms with Crippen molar-refractivity contribution in [2.45, 2.75) is 32.7 Å². The number of H-pyrrole nitrogens is 1. The first-order chi connectivity index (χ1) is 15.1. The van der Waals surface area contributed by atoms with E-state index in [9.17, 15) is 4.79 Å². The maximum Gasteiger partial charge on any atom is 0.227 e. The number of carbonyl (C=O) groups excluding carboxylic acids is 1. The molecule has 162 valence electrons. The third-order valence-electron chi connectivity index (χ3n) is 6.72. The lowest BCUT2D eigenvalue weighted by Gasteiger charge is -2.43. The average Bonchev–Trinajstić information content (AvgIpc) is 3.23. The molecule has 3 heterocycles. The van der Waals surface area contributed by atoms with Crippen molar-refractivity contribution in [3.63, 3.8) is 0 Å². The number of piperidine rings is 1. The summed E-state index contributed by atoms with van der Waals surface area (Å²) < 4.78 is 0. The lowest BCUT2D eigenvalue weighted by atomic mass is 9.96. The van der Waals surface area contributed by atoms with Gasteiger partial charge in [0, 0.05) is 44.5 Å². The van der Waals surface area contributed by atoms with E-state index in [4.69, 9.17) is 4.98 Å². The largest absolute Gasteiger partial charge is 0.365 e. The van der Waals surface area contributed by atoms with Gasteiger partial charge in [-0.1, -0.05) is 24.3 Å². The molecule has 0 bridgehead atoms. The van der Waals surface area contributed by atoms with Crippen molar-refractivity contribution >= 4 is 28.6 Å². The van der Waals surface area contributed by atoms with Crippen LogP contribution in [-0.2, 0) is 4.79 Å². The molecule has 0 spiro atoms. The van der Waals surface area contributed by atoms with Crippen LogP contribution in [0.3, 0.4) is 0 Å². The smallest absolute Gasteiger partial charge is 0.227 e. The van der Waals surface area contributed by atoms with Gasteiger partial charge in [0.05, 0.1) is 17.0 Å². The Morgan fingerprint density at radius 2 is 1.94 bits per heavy atom. The van der Waals surface area contributed by atoms with Crippen LogP contribution >= 0.6 is 0 Å². The van der Waals surface area contributed by atoms with Gasteiger partial charge in [0.15, 0.2) is 0 Å². The third kappa shape index (κ3) is 3.99. The fourth-order valence-electron chi connectivity index (χ4n) is 5.07. The first-order valence-corrected chi connectivity index (χ1v) is 11.4. The van der Waals surface area contributed by atoms with E-state index in [1.54, 1.807) is 0 Å². The number of hydrogen-bond donors (Lipinski definition) is 1. The number of anilines is 2. The van der Waals surface area contributed by atoms with Crippen LogP contribution in [0.4, 0.5) is 11.6 Å². The summed E-state index contributed by atoms with van der Waals surface area (Å²) in [5, 5.41) is 0. The highest BCUT2D eigenvalue weighted by atomic mass is 16.2. The lowest BCUT2D eigenvalue weighted by Crippen LogP contribution is -2.56. The first kappa shape index (κ1) is 19.9. The molecule has 2 aliphatic rings. The molecule has 2 aromatic carbocycles. The van der Waals surface area contributed by atoms with Crippen LogP contribution in [-0.4, -0.2) is 59.5 Å². The molecule has 1 aromatic heterocycles. The van der Waals surface area contributed by atoms with Crippen molar-refractivity contribution < 1.29 is 4.79 Å². The molecule has 2 unspecified atom stereocenters. The Kier molecular flexibility index (Phi) is 5.30. The van der Waals surface area contributed by atoms with Crippen molar-refractivity contribution in [2.75, 3.05) is 42.5 Å². The summed E-state index contributed by atoms with van der Waals surface area (Å²) in [5.74, 6) is 1.23. The monoisotopic (exact) mass is 417 g/mol. The lowest BCUT2D eigenvalue weighted by molar-refractivity contribution is -0.136. The number of carbonyl (C=O) groups is 1. The van der Waals surface area contributed by atoms with E-state index in [0.29, 0.717) is 11.9 Å². The predicted octanol–water partition coefficient (Wildman–Crippen LogP) is 3.83. The number of aryl methyl sites for hydroxylation is 1. The molecule has 6 heteroatoms. The standard InChI is InChI=1S/C25H31N5O/c1-18-7-5-9-21(15-18)30-14-13-28(16-19(30)2)24(31)20-8-6-12-29(17-20)25-26-22-10-3-4-11-23(22)27-25/h3-5,7,9-11,15,19-20H,6,8,12-14,16-17H2,1-2H3,(H,26,27). The number of aromatic amines is 1. The zero-order valence-electron chi connectivity index (χ0n) is 18.4. The Morgan fingerprint density at radius 3 is 2.74 bits per heavy atom. The van der Waals surface area contributed by atoms with Gasteiger partial charge in [-0.2, -0.15) is 0 Å². The second-order valence-corrected chi connectivity index (χ2v) is 9.03. The molecule has 2 aliphatic heterocycles. The second-order valence-electron chi connectivity index (χ2n) is 9.03. The van der Waals surface area contributed by atoms with Crippen molar-refractivity contribution in [3.8, 4) is 0 Å². The number of rotatable bonds is 3. The summed E-state index contributed by atoms with van der Waals surface area (Å²) in [6, 6.07) is 17.1. The van der Waals surface area contributed by atoms with E-state index in [1.165, 1.54) is 11.3 Å². The van der Waals surface area contributed by atoms with Crippen LogP contribution in [0, 0.1) is 12.8 Å². The number of imidazole rings is 1. The van der Waals surface area contributed by atoms with E-state index in [0.717, 1.165) is 62.5 Å². The number of piperazine rings is 1. The predicted molar refractivity (Wildman–Crippen MR) is 126 cm³/mol. The second kappa shape index (κ2) is 8.25. The van der Waals surface area contributed by atoms with E-state index in [-0.39, 0.29) is 5.92 Å². The van der Waals surface area contributed by atoms with Crippen LogP contribution in [0.1, 0.15) is 25.3 Å². The molecule has 0 radical (unpaired) electrons. The van der Waals surface area contributed by atoms with Crippen LogP contribution in [0.25, 0.3) is 11.0 Å². The van der Waals surface area contributed by atoms with E-state index in [1.807, 2.05) is 24.3 Å². The Hall–Kier alpha value is -3.02. The quantitative estimate of drug-likeness (QED) is 0.704. The third-order valence-corrected chi connectivity index (χ3v) is 6.72. The summed E-state index contributed by atoms with van der Waals surface area (Å²) in [6.07, 6.45) is 1.98. The highest BCUT2D eigenvalue weighted by molar-refractivity contribution is 5.81. The van der Waals surface area contributed by atoms with Gasteiger partial charge in [-0.15, -0.1) is 0 Å². The van der Waals surface area contributed by atoms with E-state index >= 15 is 0 Å². The summed E-state index contributed by atoms with van der Waals surface area (Å²) in [6.45, 7) is 8.50. The zero-order valence-corrected chi connectivity index (χ0v) is 18.4. The van der Waals surface area contributed by atoms with Gasteiger partial charge in [0.25, 0.3) is 0 Å². The fraction of sp³-hybridized carbons (Fsp3) is 0.440. The minimum Gasteiger partial charge on any atom is -0.365 e. The molecule has 1 N–H and O–H groups in total. The van der Waals surface area contributed by atoms with Gasteiger partial charge in [0.2, 0.25) is 11.9 Å². The number of benzene rings is 2. The average molecular weight is 418 g/mol. The van der Waals surface area contributed by atoms with Crippen LogP contribution < -0.4 is 9.80 Å². The summed E-state index contributed by atoms with van der Waals surface area (Å²) >= 11 is 0. The molecule has 6 nitrogen and oxygen atoms in total. The SMILES string of the molecule is Cc1cccc(N2CCN(C(=O)C3CCCN(c4nc5ccccc5[nH]4)C3)CC2C)c1. The number of aromatic nitrogens is 2.